The Balaban J connectivity index is 2.07. The summed E-state index contributed by atoms with van der Waals surface area (Å²) in [7, 11) is 1.69. The lowest BCUT2D eigenvalue weighted by molar-refractivity contribution is 0.151. The Labute approximate surface area is 130 Å². The number of fused-ring (bicyclic) bond motifs is 1. The van der Waals surface area contributed by atoms with E-state index in [1.807, 2.05) is 24.8 Å². The van der Waals surface area contributed by atoms with Crippen molar-refractivity contribution in [1.82, 2.24) is 5.32 Å². The fraction of sp³-hybridized carbons (Fsp3) is 0.562. The van der Waals surface area contributed by atoms with Crippen LogP contribution in [0.25, 0.3) is 0 Å². The molecule has 4 nitrogen and oxygen atoms in total. The quantitative estimate of drug-likeness (QED) is 0.903. The summed E-state index contributed by atoms with van der Waals surface area (Å²) in [6.07, 6.45) is 1.66. The normalized spacial score (nSPS) is 20.5. The summed E-state index contributed by atoms with van der Waals surface area (Å²) in [6, 6.07) is 6.27. The van der Waals surface area contributed by atoms with Crippen LogP contribution in [0.15, 0.2) is 23.1 Å². The molecule has 1 amide bonds. The number of amides is 1. The first-order valence-electron chi connectivity index (χ1n) is 7.31. The molecule has 0 radical (unpaired) electrons. The second-order valence-corrected chi connectivity index (χ2v) is 6.56. The zero-order valence-electron chi connectivity index (χ0n) is 12.9. The number of alkyl carbamates (subject to hydrolysis) is 1. The van der Waals surface area contributed by atoms with E-state index in [1.165, 1.54) is 10.5 Å². The number of ether oxygens (including phenoxy) is 2. The van der Waals surface area contributed by atoms with Crippen LogP contribution in [-0.4, -0.2) is 32.1 Å². The number of nitrogens with one attached hydrogen (secondary N) is 1. The van der Waals surface area contributed by atoms with Crippen LogP contribution in [0.3, 0.4) is 0 Å². The highest BCUT2D eigenvalue weighted by atomic mass is 32.2. The van der Waals surface area contributed by atoms with Crippen molar-refractivity contribution in [3.8, 4) is 5.75 Å². The molecule has 1 aliphatic heterocycles. The van der Waals surface area contributed by atoms with E-state index in [4.69, 9.17) is 9.47 Å². The second-order valence-electron chi connectivity index (χ2n) is 5.42. The van der Waals surface area contributed by atoms with Gasteiger partial charge in [0.2, 0.25) is 0 Å². The topological polar surface area (TPSA) is 47.6 Å². The lowest BCUT2D eigenvalue weighted by Crippen LogP contribution is -2.33. The van der Waals surface area contributed by atoms with E-state index in [1.54, 1.807) is 7.11 Å². The Bertz CT molecular complexity index is 506. The van der Waals surface area contributed by atoms with Gasteiger partial charge in [-0.1, -0.05) is 6.92 Å². The van der Waals surface area contributed by atoms with Crippen molar-refractivity contribution in [1.29, 1.82) is 0 Å². The van der Waals surface area contributed by atoms with Crippen LogP contribution in [0.1, 0.15) is 32.3 Å². The van der Waals surface area contributed by atoms with E-state index in [9.17, 15) is 4.79 Å². The smallest absolute Gasteiger partial charge is 0.407 e. The molecule has 1 N–H and O–H groups in total. The lowest BCUT2D eigenvalue weighted by Gasteiger charge is -2.36. The third kappa shape index (κ3) is 3.84. The predicted molar refractivity (Wildman–Crippen MR) is 85.3 cm³/mol. The molecule has 5 heteroatoms. The molecule has 1 aromatic rings. The largest absolute Gasteiger partial charge is 0.497 e. The van der Waals surface area contributed by atoms with Gasteiger partial charge in [0.1, 0.15) is 5.75 Å². The molecule has 0 saturated heterocycles. The average Bonchev–Trinajstić information content (AvgIpc) is 2.47. The van der Waals surface area contributed by atoms with E-state index in [0.717, 1.165) is 24.3 Å². The number of methoxy groups -OCH3 is 1. The molecule has 0 fully saturated rings. The van der Waals surface area contributed by atoms with Crippen molar-refractivity contribution in [2.75, 3.05) is 26.0 Å². The van der Waals surface area contributed by atoms with Gasteiger partial charge in [-0.3, -0.25) is 0 Å². The van der Waals surface area contributed by atoms with Gasteiger partial charge < -0.3 is 14.8 Å². The second kappa shape index (κ2) is 7.07. The Morgan fingerprint density at radius 2 is 2.29 bits per heavy atom. The molecular weight excluding hydrogens is 286 g/mol. The average molecular weight is 309 g/mol. The molecule has 0 aliphatic carbocycles. The van der Waals surface area contributed by atoms with Crippen molar-refractivity contribution in [3.05, 3.63) is 23.8 Å². The molecule has 0 spiro atoms. The molecule has 0 aromatic heterocycles. The van der Waals surface area contributed by atoms with Gasteiger partial charge in [-0.15, -0.1) is 11.8 Å². The molecule has 0 bridgehead atoms. The van der Waals surface area contributed by atoms with Crippen LogP contribution >= 0.6 is 11.8 Å². The lowest BCUT2D eigenvalue weighted by atomic mass is 9.76. The predicted octanol–water partition coefficient (Wildman–Crippen LogP) is 3.58. The van der Waals surface area contributed by atoms with Crippen LogP contribution in [0.4, 0.5) is 4.79 Å². The number of carbonyl (C=O) groups excluding carboxylic acids is 1. The number of thioether (sulfide) groups is 1. The van der Waals surface area contributed by atoms with Crippen molar-refractivity contribution in [2.24, 2.45) is 0 Å². The van der Waals surface area contributed by atoms with E-state index in [-0.39, 0.29) is 11.5 Å². The Kier molecular flexibility index (Phi) is 5.39. The summed E-state index contributed by atoms with van der Waals surface area (Å²) in [6.45, 7) is 5.09. The van der Waals surface area contributed by atoms with Crippen molar-refractivity contribution in [3.63, 3.8) is 0 Å². The first kappa shape index (κ1) is 16.0. The molecule has 21 heavy (non-hydrogen) atoms. The maximum atomic E-state index is 11.4. The third-order valence-corrected chi connectivity index (χ3v) is 5.05. The monoisotopic (exact) mass is 309 g/mol. The highest BCUT2D eigenvalue weighted by molar-refractivity contribution is 7.99. The highest BCUT2D eigenvalue weighted by Crippen LogP contribution is 2.44. The van der Waals surface area contributed by atoms with E-state index in [0.29, 0.717) is 13.2 Å². The SMILES string of the molecule is CCOC(=O)NCCC1(C)CCSc2ccc(OC)cc21. The molecule has 1 unspecified atom stereocenters. The molecule has 116 valence electrons. The van der Waals surface area contributed by atoms with Gasteiger partial charge in [-0.25, -0.2) is 4.79 Å². The number of benzene rings is 1. The summed E-state index contributed by atoms with van der Waals surface area (Å²) >= 11 is 1.89. The standard InChI is InChI=1S/C16H23NO3S/c1-4-20-15(18)17-9-7-16(2)8-10-21-14-6-5-12(19-3)11-13(14)16/h5-6,11H,4,7-10H2,1-3H3,(H,17,18). The molecule has 1 atom stereocenters. The minimum atomic E-state index is -0.336. The minimum absolute atomic E-state index is 0.0641. The summed E-state index contributed by atoms with van der Waals surface area (Å²) in [5, 5.41) is 2.82. The van der Waals surface area contributed by atoms with Crippen LogP contribution in [0, 0.1) is 0 Å². The first-order chi connectivity index (χ1) is 10.1. The molecular formula is C16H23NO3S. The number of hydrogen-bond donors (Lipinski definition) is 1. The van der Waals surface area contributed by atoms with Gasteiger partial charge in [-0.05, 0) is 54.7 Å². The number of hydrogen-bond acceptors (Lipinski definition) is 4. The van der Waals surface area contributed by atoms with Gasteiger partial charge in [-0.2, -0.15) is 0 Å². The van der Waals surface area contributed by atoms with Crippen molar-refractivity contribution < 1.29 is 14.3 Å². The van der Waals surface area contributed by atoms with Crippen molar-refractivity contribution in [2.45, 2.75) is 37.0 Å². The van der Waals surface area contributed by atoms with Crippen LogP contribution in [0.5, 0.6) is 5.75 Å². The summed E-state index contributed by atoms with van der Waals surface area (Å²) in [4.78, 5) is 12.7. The zero-order valence-corrected chi connectivity index (χ0v) is 13.7. The van der Waals surface area contributed by atoms with Gasteiger partial charge in [0.25, 0.3) is 0 Å². The fourth-order valence-electron chi connectivity index (χ4n) is 2.64. The summed E-state index contributed by atoms with van der Waals surface area (Å²) < 4.78 is 10.2. The van der Waals surface area contributed by atoms with Crippen molar-refractivity contribution >= 4 is 17.9 Å². The van der Waals surface area contributed by atoms with E-state index in [2.05, 4.69) is 24.4 Å². The molecule has 1 aromatic carbocycles. The Morgan fingerprint density at radius 3 is 3.00 bits per heavy atom. The molecule has 0 saturated carbocycles. The van der Waals surface area contributed by atoms with E-state index >= 15 is 0 Å². The Hall–Kier alpha value is -1.36. The maximum absolute atomic E-state index is 11.4. The first-order valence-corrected chi connectivity index (χ1v) is 8.29. The zero-order chi connectivity index (χ0) is 15.3. The summed E-state index contributed by atoms with van der Waals surface area (Å²) in [5.41, 5.74) is 1.39. The van der Waals surface area contributed by atoms with Crippen LogP contribution in [-0.2, 0) is 10.2 Å². The van der Waals surface area contributed by atoms with Crippen LogP contribution < -0.4 is 10.1 Å². The highest BCUT2D eigenvalue weighted by Gasteiger charge is 2.32. The fourth-order valence-corrected chi connectivity index (χ4v) is 4.03. The maximum Gasteiger partial charge on any atom is 0.407 e. The van der Waals surface area contributed by atoms with Crippen LogP contribution in [0.2, 0.25) is 0 Å². The third-order valence-electron chi connectivity index (χ3n) is 3.97. The number of rotatable bonds is 5. The van der Waals surface area contributed by atoms with Gasteiger partial charge >= 0.3 is 6.09 Å². The van der Waals surface area contributed by atoms with Gasteiger partial charge in [0.05, 0.1) is 13.7 Å². The molecule has 1 aliphatic rings. The summed E-state index contributed by atoms with van der Waals surface area (Å²) in [5.74, 6) is 2.00. The van der Waals surface area contributed by atoms with Gasteiger partial charge in [0, 0.05) is 11.4 Å². The Morgan fingerprint density at radius 1 is 1.48 bits per heavy atom. The molecule has 1 heterocycles. The number of carbonyl (C=O) groups is 1. The minimum Gasteiger partial charge on any atom is -0.497 e. The molecule has 2 rings (SSSR count). The van der Waals surface area contributed by atoms with Gasteiger partial charge in [0.15, 0.2) is 0 Å². The van der Waals surface area contributed by atoms with E-state index < -0.39 is 0 Å².